The second-order valence-electron chi connectivity index (χ2n) is 4.51. The summed E-state index contributed by atoms with van der Waals surface area (Å²) >= 11 is 0. The van der Waals surface area contributed by atoms with E-state index in [1.165, 1.54) is 24.1 Å². The summed E-state index contributed by atoms with van der Waals surface area (Å²) < 4.78 is 37.2. The van der Waals surface area contributed by atoms with E-state index >= 15 is 0 Å². The van der Waals surface area contributed by atoms with Crippen LogP contribution >= 0.6 is 0 Å². The van der Waals surface area contributed by atoms with Gasteiger partial charge in [-0.1, -0.05) is 30.7 Å². The van der Waals surface area contributed by atoms with Crippen molar-refractivity contribution < 1.29 is 13.2 Å². The van der Waals surface area contributed by atoms with Gasteiger partial charge in [0.25, 0.3) is 0 Å². The minimum Gasteiger partial charge on any atom is -0.166 e. The molecular formula is C14H15F3. The van der Waals surface area contributed by atoms with Gasteiger partial charge in [0, 0.05) is 5.92 Å². The first-order valence-corrected chi connectivity index (χ1v) is 5.84. The lowest BCUT2D eigenvalue weighted by atomic mass is 9.92. The first kappa shape index (κ1) is 12.2. The number of halogens is 3. The van der Waals surface area contributed by atoms with Crippen molar-refractivity contribution in [3.8, 4) is 0 Å². The van der Waals surface area contributed by atoms with E-state index in [1.54, 1.807) is 12.1 Å². The van der Waals surface area contributed by atoms with Crippen molar-refractivity contribution in [2.24, 2.45) is 0 Å². The SMILES string of the molecule is CC(C1=CCCC1)c1ccc(C(F)(F)F)cc1. The van der Waals surface area contributed by atoms with Gasteiger partial charge in [-0.2, -0.15) is 13.2 Å². The van der Waals surface area contributed by atoms with Crippen LogP contribution in [0.15, 0.2) is 35.9 Å². The molecule has 0 nitrogen and oxygen atoms in total. The van der Waals surface area contributed by atoms with Gasteiger partial charge < -0.3 is 0 Å². The number of hydrogen-bond donors (Lipinski definition) is 0. The van der Waals surface area contributed by atoms with Crippen LogP contribution in [0.4, 0.5) is 13.2 Å². The number of allylic oxidation sites excluding steroid dienone is 2. The summed E-state index contributed by atoms with van der Waals surface area (Å²) in [5.41, 5.74) is 1.74. The molecule has 1 atom stereocenters. The molecule has 1 aromatic carbocycles. The van der Waals surface area contributed by atoms with E-state index in [1.807, 2.05) is 0 Å². The Morgan fingerprint density at radius 1 is 1.12 bits per heavy atom. The highest BCUT2D eigenvalue weighted by molar-refractivity contribution is 5.32. The second-order valence-corrected chi connectivity index (χ2v) is 4.51. The molecule has 0 amide bonds. The molecule has 0 saturated carbocycles. The summed E-state index contributed by atoms with van der Waals surface area (Å²) in [4.78, 5) is 0. The van der Waals surface area contributed by atoms with Crippen molar-refractivity contribution in [1.82, 2.24) is 0 Å². The zero-order valence-electron chi connectivity index (χ0n) is 9.72. The Morgan fingerprint density at radius 3 is 2.24 bits per heavy atom. The van der Waals surface area contributed by atoms with E-state index in [0.29, 0.717) is 0 Å². The van der Waals surface area contributed by atoms with Crippen LogP contribution in [0.5, 0.6) is 0 Å². The second kappa shape index (κ2) is 4.55. The summed E-state index contributed by atoms with van der Waals surface area (Å²) in [6.45, 7) is 2.06. The average molecular weight is 240 g/mol. The monoisotopic (exact) mass is 240 g/mol. The van der Waals surface area contributed by atoms with E-state index < -0.39 is 11.7 Å². The molecular weight excluding hydrogens is 225 g/mol. The number of benzene rings is 1. The van der Waals surface area contributed by atoms with Crippen LogP contribution in [-0.4, -0.2) is 0 Å². The van der Waals surface area contributed by atoms with Gasteiger partial charge in [-0.05, 0) is 37.0 Å². The summed E-state index contributed by atoms with van der Waals surface area (Å²) in [6, 6.07) is 5.52. The predicted molar refractivity (Wildman–Crippen MR) is 61.8 cm³/mol. The van der Waals surface area contributed by atoms with Gasteiger partial charge >= 0.3 is 6.18 Å². The Morgan fingerprint density at radius 2 is 1.76 bits per heavy atom. The zero-order chi connectivity index (χ0) is 12.5. The molecule has 0 fully saturated rings. The average Bonchev–Trinajstić information content (AvgIpc) is 2.80. The van der Waals surface area contributed by atoms with E-state index in [2.05, 4.69) is 13.0 Å². The summed E-state index contributed by atoms with van der Waals surface area (Å²) in [6.07, 6.45) is 1.31. The Bertz CT molecular complexity index is 412. The fourth-order valence-corrected chi connectivity index (χ4v) is 2.26. The minimum absolute atomic E-state index is 0.236. The van der Waals surface area contributed by atoms with Gasteiger partial charge in [0.05, 0.1) is 5.56 Å². The summed E-state index contributed by atoms with van der Waals surface area (Å²) in [7, 11) is 0. The highest BCUT2D eigenvalue weighted by Gasteiger charge is 2.30. The smallest absolute Gasteiger partial charge is 0.166 e. The van der Waals surface area contributed by atoms with Gasteiger partial charge in [0.1, 0.15) is 0 Å². The quantitative estimate of drug-likeness (QED) is 0.644. The van der Waals surface area contributed by atoms with Crippen molar-refractivity contribution in [3.05, 3.63) is 47.0 Å². The van der Waals surface area contributed by atoms with Crippen molar-refractivity contribution in [2.45, 2.75) is 38.3 Å². The lowest BCUT2D eigenvalue weighted by molar-refractivity contribution is -0.137. The van der Waals surface area contributed by atoms with Gasteiger partial charge in [0.2, 0.25) is 0 Å². The van der Waals surface area contributed by atoms with Crippen LogP contribution in [0.1, 0.15) is 43.2 Å². The maximum atomic E-state index is 12.4. The van der Waals surface area contributed by atoms with Crippen LogP contribution in [0.3, 0.4) is 0 Å². The molecule has 1 aromatic rings. The van der Waals surface area contributed by atoms with Crippen molar-refractivity contribution in [3.63, 3.8) is 0 Å². The van der Waals surface area contributed by atoms with Crippen LogP contribution in [0, 0.1) is 0 Å². The Labute approximate surface area is 99.2 Å². The van der Waals surface area contributed by atoms with Gasteiger partial charge in [-0.3, -0.25) is 0 Å². The van der Waals surface area contributed by atoms with Gasteiger partial charge in [0.15, 0.2) is 0 Å². The lowest BCUT2D eigenvalue weighted by Gasteiger charge is -2.14. The van der Waals surface area contributed by atoms with E-state index in [0.717, 1.165) is 18.4 Å². The largest absolute Gasteiger partial charge is 0.416 e. The maximum absolute atomic E-state index is 12.4. The van der Waals surface area contributed by atoms with Crippen molar-refractivity contribution >= 4 is 0 Å². The third-order valence-corrected chi connectivity index (χ3v) is 3.37. The lowest BCUT2D eigenvalue weighted by Crippen LogP contribution is -2.05. The van der Waals surface area contributed by atoms with Crippen LogP contribution < -0.4 is 0 Å². The fraction of sp³-hybridized carbons (Fsp3) is 0.429. The highest BCUT2D eigenvalue weighted by Crippen LogP contribution is 2.34. The first-order chi connectivity index (χ1) is 7.98. The number of hydrogen-bond acceptors (Lipinski definition) is 0. The first-order valence-electron chi connectivity index (χ1n) is 5.84. The molecule has 1 aliphatic carbocycles. The highest BCUT2D eigenvalue weighted by atomic mass is 19.4. The molecule has 92 valence electrons. The molecule has 0 saturated heterocycles. The molecule has 2 rings (SSSR count). The molecule has 0 aromatic heterocycles. The van der Waals surface area contributed by atoms with Gasteiger partial charge in [-0.15, -0.1) is 0 Å². The molecule has 1 unspecified atom stereocenters. The minimum atomic E-state index is -4.24. The molecule has 0 heterocycles. The molecule has 1 aliphatic rings. The molecule has 17 heavy (non-hydrogen) atoms. The van der Waals surface area contributed by atoms with E-state index in [4.69, 9.17) is 0 Å². The molecule has 0 bridgehead atoms. The van der Waals surface area contributed by atoms with Crippen LogP contribution in [0.25, 0.3) is 0 Å². The van der Waals surface area contributed by atoms with Crippen molar-refractivity contribution in [2.75, 3.05) is 0 Å². The normalized spacial score (nSPS) is 18.0. The number of alkyl halides is 3. The topological polar surface area (TPSA) is 0 Å². The Kier molecular flexibility index (Phi) is 3.27. The third-order valence-electron chi connectivity index (χ3n) is 3.37. The molecule has 0 aliphatic heterocycles. The van der Waals surface area contributed by atoms with E-state index in [-0.39, 0.29) is 5.92 Å². The van der Waals surface area contributed by atoms with Crippen LogP contribution in [-0.2, 0) is 6.18 Å². The molecule has 0 spiro atoms. The maximum Gasteiger partial charge on any atom is 0.416 e. The third kappa shape index (κ3) is 2.71. The summed E-state index contributed by atoms with van der Waals surface area (Å²) in [5.74, 6) is 0.236. The Balaban J connectivity index is 2.18. The molecule has 3 heteroatoms. The molecule has 0 radical (unpaired) electrons. The predicted octanol–water partition coefficient (Wildman–Crippen LogP) is 4.92. The van der Waals surface area contributed by atoms with Gasteiger partial charge in [-0.25, -0.2) is 0 Å². The zero-order valence-corrected chi connectivity index (χ0v) is 9.72. The Hall–Kier alpha value is -1.25. The summed E-state index contributed by atoms with van der Waals surface area (Å²) in [5, 5.41) is 0. The standard InChI is InChI=1S/C14H15F3/c1-10(11-4-2-3-5-11)12-6-8-13(9-7-12)14(15,16)17/h4,6-10H,2-3,5H2,1H3. The van der Waals surface area contributed by atoms with Crippen molar-refractivity contribution in [1.29, 1.82) is 0 Å². The van der Waals surface area contributed by atoms with Crippen LogP contribution in [0.2, 0.25) is 0 Å². The van der Waals surface area contributed by atoms with E-state index in [9.17, 15) is 13.2 Å². The molecule has 0 N–H and O–H groups in total. The number of rotatable bonds is 2. The fourth-order valence-electron chi connectivity index (χ4n) is 2.26.